The average Bonchev–Trinajstić information content (AvgIpc) is 2.77. The van der Waals surface area contributed by atoms with Gasteiger partial charge >= 0.3 is 5.97 Å². The Morgan fingerprint density at radius 1 is 1.53 bits per heavy atom. The van der Waals surface area contributed by atoms with Crippen LogP contribution in [-0.2, 0) is 6.54 Å². The first-order valence-electron chi connectivity index (χ1n) is 5.82. The lowest BCUT2D eigenvalue weighted by Crippen LogP contribution is -2.13. The highest BCUT2D eigenvalue weighted by Gasteiger charge is 2.10. The second kappa shape index (κ2) is 5.51. The third-order valence-electron chi connectivity index (χ3n) is 2.63. The maximum absolute atomic E-state index is 13.0. The molecule has 0 amide bonds. The molecule has 0 bridgehead atoms. The van der Waals surface area contributed by atoms with Gasteiger partial charge in [-0.3, -0.25) is 4.68 Å². The van der Waals surface area contributed by atoms with Crippen molar-refractivity contribution in [2.24, 2.45) is 0 Å². The average molecular weight is 263 g/mol. The molecule has 100 valence electrons. The molecule has 0 aliphatic heterocycles. The van der Waals surface area contributed by atoms with Gasteiger partial charge in [-0.05, 0) is 30.7 Å². The summed E-state index contributed by atoms with van der Waals surface area (Å²) < 4.78 is 14.7. The number of hydrogen-bond donors (Lipinski definition) is 2. The summed E-state index contributed by atoms with van der Waals surface area (Å²) in [6.07, 6.45) is 3.64. The van der Waals surface area contributed by atoms with Crippen molar-refractivity contribution in [2.45, 2.75) is 13.5 Å². The van der Waals surface area contributed by atoms with E-state index in [4.69, 9.17) is 5.11 Å². The molecule has 0 aliphatic carbocycles. The summed E-state index contributed by atoms with van der Waals surface area (Å²) >= 11 is 0. The van der Waals surface area contributed by atoms with Gasteiger partial charge in [0.2, 0.25) is 0 Å². The number of nitrogens with zero attached hydrogens (tertiary/aromatic N) is 2. The van der Waals surface area contributed by atoms with Crippen molar-refractivity contribution in [3.8, 4) is 0 Å². The summed E-state index contributed by atoms with van der Waals surface area (Å²) in [5, 5.41) is 16.1. The first-order chi connectivity index (χ1) is 9.06. The second-order valence-corrected chi connectivity index (χ2v) is 4.20. The number of rotatable bonds is 5. The van der Waals surface area contributed by atoms with Crippen LogP contribution in [0.15, 0.2) is 30.6 Å². The van der Waals surface area contributed by atoms with E-state index < -0.39 is 11.8 Å². The smallest absolute Gasteiger partial charge is 0.337 e. The minimum absolute atomic E-state index is 0.0726. The molecule has 0 aliphatic rings. The van der Waals surface area contributed by atoms with Crippen LogP contribution >= 0.6 is 0 Å². The van der Waals surface area contributed by atoms with Crippen molar-refractivity contribution in [1.82, 2.24) is 9.78 Å². The van der Waals surface area contributed by atoms with Gasteiger partial charge in [0.25, 0.3) is 0 Å². The Bertz CT molecular complexity index is 595. The minimum atomic E-state index is -1.16. The van der Waals surface area contributed by atoms with Crippen molar-refractivity contribution >= 4 is 11.7 Å². The number of carboxylic acid groups (broad SMARTS) is 1. The number of carbonyl (C=O) groups is 1. The number of aryl methyl sites for hydroxylation is 1. The minimum Gasteiger partial charge on any atom is -0.478 e. The van der Waals surface area contributed by atoms with Gasteiger partial charge < -0.3 is 10.4 Å². The van der Waals surface area contributed by atoms with Crippen LogP contribution in [0.25, 0.3) is 0 Å². The topological polar surface area (TPSA) is 67.2 Å². The molecular weight excluding hydrogens is 249 g/mol. The molecule has 0 atom stereocenters. The van der Waals surface area contributed by atoms with Crippen molar-refractivity contribution in [1.29, 1.82) is 0 Å². The van der Waals surface area contributed by atoms with Gasteiger partial charge in [0.15, 0.2) is 0 Å². The quantitative estimate of drug-likeness (QED) is 0.867. The van der Waals surface area contributed by atoms with Crippen molar-refractivity contribution in [3.05, 3.63) is 47.5 Å². The summed E-state index contributed by atoms with van der Waals surface area (Å²) in [7, 11) is 0. The standard InChI is InChI=1S/C13H14FN3O2/c1-9-7-16-17(8-9)5-4-15-12-3-2-10(14)6-11(12)13(18)19/h2-3,6-8,15H,4-5H2,1H3,(H,18,19). The molecule has 1 aromatic heterocycles. The summed E-state index contributed by atoms with van der Waals surface area (Å²) in [6.45, 7) is 3.05. The van der Waals surface area contributed by atoms with Gasteiger partial charge in [-0.2, -0.15) is 5.10 Å². The fourth-order valence-electron chi connectivity index (χ4n) is 1.74. The van der Waals surface area contributed by atoms with E-state index in [2.05, 4.69) is 10.4 Å². The van der Waals surface area contributed by atoms with E-state index in [1.165, 1.54) is 12.1 Å². The van der Waals surface area contributed by atoms with E-state index in [0.29, 0.717) is 18.8 Å². The summed E-state index contributed by atoms with van der Waals surface area (Å²) in [6, 6.07) is 3.66. The third kappa shape index (κ3) is 3.31. The molecule has 0 saturated carbocycles. The lowest BCUT2D eigenvalue weighted by atomic mass is 10.1. The molecule has 5 nitrogen and oxygen atoms in total. The Balaban J connectivity index is 2.01. The van der Waals surface area contributed by atoms with E-state index in [0.717, 1.165) is 11.6 Å². The highest BCUT2D eigenvalue weighted by molar-refractivity contribution is 5.94. The first-order valence-corrected chi connectivity index (χ1v) is 5.82. The number of aromatic carboxylic acids is 1. The fourth-order valence-corrected chi connectivity index (χ4v) is 1.74. The summed E-state index contributed by atoms with van der Waals surface area (Å²) in [5.74, 6) is -1.72. The van der Waals surface area contributed by atoms with Crippen LogP contribution in [0.2, 0.25) is 0 Å². The van der Waals surface area contributed by atoms with Crippen LogP contribution in [0.3, 0.4) is 0 Å². The van der Waals surface area contributed by atoms with E-state index in [9.17, 15) is 9.18 Å². The van der Waals surface area contributed by atoms with Crippen molar-refractivity contribution < 1.29 is 14.3 Å². The summed E-state index contributed by atoms with van der Waals surface area (Å²) in [4.78, 5) is 11.0. The molecule has 6 heteroatoms. The monoisotopic (exact) mass is 263 g/mol. The van der Waals surface area contributed by atoms with Crippen LogP contribution in [0, 0.1) is 12.7 Å². The molecule has 1 heterocycles. The zero-order valence-corrected chi connectivity index (χ0v) is 10.4. The Labute approximate surface area is 109 Å². The normalized spacial score (nSPS) is 10.4. The molecule has 0 fully saturated rings. The highest BCUT2D eigenvalue weighted by atomic mass is 19.1. The molecule has 0 saturated heterocycles. The van der Waals surface area contributed by atoms with Gasteiger partial charge in [0.05, 0.1) is 18.3 Å². The van der Waals surface area contributed by atoms with E-state index in [1.54, 1.807) is 10.9 Å². The number of nitrogens with one attached hydrogen (secondary N) is 1. The van der Waals surface area contributed by atoms with Crippen LogP contribution < -0.4 is 5.32 Å². The van der Waals surface area contributed by atoms with Gasteiger partial charge in [-0.1, -0.05) is 0 Å². The van der Waals surface area contributed by atoms with E-state index >= 15 is 0 Å². The van der Waals surface area contributed by atoms with Crippen LogP contribution in [-0.4, -0.2) is 27.4 Å². The number of hydrogen-bond acceptors (Lipinski definition) is 3. The predicted molar refractivity (Wildman–Crippen MR) is 68.8 cm³/mol. The number of carboxylic acids is 1. The maximum Gasteiger partial charge on any atom is 0.337 e. The second-order valence-electron chi connectivity index (χ2n) is 4.20. The third-order valence-corrected chi connectivity index (χ3v) is 2.63. The Morgan fingerprint density at radius 3 is 2.95 bits per heavy atom. The Kier molecular flexibility index (Phi) is 3.79. The number of halogens is 1. The van der Waals surface area contributed by atoms with Gasteiger partial charge in [-0.15, -0.1) is 0 Å². The van der Waals surface area contributed by atoms with Crippen LogP contribution in [0.1, 0.15) is 15.9 Å². The SMILES string of the molecule is Cc1cnn(CCNc2ccc(F)cc2C(=O)O)c1. The zero-order valence-electron chi connectivity index (χ0n) is 10.4. The molecule has 2 aromatic rings. The molecule has 2 N–H and O–H groups in total. The summed E-state index contributed by atoms with van der Waals surface area (Å²) in [5.41, 5.74) is 1.39. The largest absolute Gasteiger partial charge is 0.478 e. The Morgan fingerprint density at radius 2 is 2.32 bits per heavy atom. The predicted octanol–water partition coefficient (Wildman–Crippen LogP) is 2.14. The molecule has 19 heavy (non-hydrogen) atoms. The highest BCUT2D eigenvalue weighted by Crippen LogP contribution is 2.16. The number of aromatic nitrogens is 2. The molecule has 0 unspecified atom stereocenters. The van der Waals surface area contributed by atoms with Gasteiger partial charge in [0, 0.05) is 18.4 Å². The molecule has 2 rings (SSSR count). The van der Waals surface area contributed by atoms with Crippen molar-refractivity contribution in [2.75, 3.05) is 11.9 Å². The molecule has 1 aromatic carbocycles. The molecular formula is C13H14FN3O2. The van der Waals surface area contributed by atoms with Crippen LogP contribution in [0.5, 0.6) is 0 Å². The van der Waals surface area contributed by atoms with Crippen molar-refractivity contribution in [3.63, 3.8) is 0 Å². The van der Waals surface area contributed by atoms with Gasteiger partial charge in [0.1, 0.15) is 5.82 Å². The van der Waals surface area contributed by atoms with E-state index in [1.807, 2.05) is 13.1 Å². The molecule has 0 radical (unpaired) electrons. The maximum atomic E-state index is 13.0. The number of anilines is 1. The lowest BCUT2D eigenvalue weighted by molar-refractivity contribution is 0.0697. The zero-order chi connectivity index (χ0) is 13.8. The fraction of sp³-hybridized carbons (Fsp3) is 0.231. The Hall–Kier alpha value is -2.37. The molecule has 0 spiro atoms. The lowest BCUT2D eigenvalue weighted by Gasteiger charge is -2.09. The van der Waals surface area contributed by atoms with E-state index in [-0.39, 0.29) is 5.56 Å². The first kappa shape index (κ1) is 13.1. The van der Waals surface area contributed by atoms with Crippen LogP contribution in [0.4, 0.5) is 10.1 Å². The number of benzene rings is 1. The van der Waals surface area contributed by atoms with Gasteiger partial charge in [-0.25, -0.2) is 9.18 Å².